The van der Waals surface area contributed by atoms with Gasteiger partial charge in [-0.15, -0.1) is 0 Å². The van der Waals surface area contributed by atoms with E-state index in [9.17, 15) is 4.79 Å². The second-order valence-electron chi connectivity index (χ2n) is 6.64. The Balaban J connectivity index is 1.69. The van der Waals surface area contributed by atoms with E-state index < -0.39 is 0 Å². The van der Waals surface area contributed by atoms with Crippen LogP contribution in [0.3, 0.4) is 0 Å². The van der Waals surface area contributed by atoms with E-state index in [0.717, 1.165) is 23.1 Å². The number of ether oxygens (including phenoxy) is 1. The molecule has 1 aromatic heterocycles. The summed E-state index contributed by atoms with van der Waals surface area (Å²) in [6.07, 6.45) is 0.675. The van der Waals surface area contributed by atoms with Crippen LogP contribution in [-0.4, -0.2) is 34.2 Å². The van der Waals surface area contributed by atoms with Crippen LogP contribution in [0.4, 0.5) is 0 Å². The highest BCUT2D eigenvalue weighted by Crippen LogP contribution is 2.27. The molecule has 5 nitrogen and oxygen atoms in total. The van der Waals surface area contributed by atoms with E-state index in [1.54, 1.807) is 0 Å². The van der Waals surface area contributed by atoms with Crippen molar-refractivity contribution in [1.29, 1.82) is 0 Å². The summed E-state index contributed by atoms with van der Waals surface area (Å²) in [5.41, 5.74) is 5.67. The maximum Gasteiger partial charge on any atom is 0.323 e. The molecule has 2 aromatic carbocycles. The molecule has 4 rings (SSSR count). The van der Waals surface area contributed by atoms with Crippen molar-refractivity contribution < 1.29 is 9.53 Å². The van der Waals surface area contributed by atoms with Gasteiger partial charge in [0.25, 0.3) is 0 Å². The van der Waals surface area contributed by atoms with Crippen LogP contribution < -0.4 is 0 Å². The lowest BCUT2D eigenvalue weighted by molar-refractivity contribution is -0.148. The molecular formula is C20H21N3O2. The number of methoxy groups -OCH3 is 1. The largest absolute Gasteiger partial charge is 0.468 e. The number of nitrogens with one attached hydrogen (secondary N) is 1. The number of benzene rings is 2. The number of aromatic amines is 1. The highest BCUT2D eigenvalue weighted by Gasteiger charge is 2.32. The molecule has 0 bridgehead atoms. The van der Waals surface area contributed by atoms with Gasteiger partial charge in [-0.05, 0) is 36.6 Å². The predicted molar refractivity (Wildman–Crippen MR) is 96.0 cm³/mol. The van der Waals surface area contributed by atoms with Crippen LogP contribution in [0.15, 0.2) is 42.5 Å². The van der Waals surface area contributed by atoms with Gasteiger partial charge in [0.1, 0.15) is 6.04 Å². The zero-order valence-corrected chi connectivity index (χ0v) is 14.5. The van der Waals surface area contributed by atoms with E-state index in [-0.39, 0.29) is 12.0 Å². The van der Waals surface area contributed by atoms with Gasteiger partial charge in [0.15, 0.2) is 0 Å². The average molecular weight is 335 g/mol. The molecule has 0 saturated heterocycles. The summed E-state index contributed by atoms with van der Waals surface area (Å²) in [6, 6.07) is 14.2. The van der Waals surface area contributed by atoms with Gasteiger partial charge in [-0.2, -0.15) is 5.10 Å². The number of hydrogen-bond donors (Lipinski definition) is 1. The normalized spacial score (nSPS) is 17.4. The minimum absolute atomic E-state index is 0.186. The molecule has 0 amide bonds. The molecule has 0 fully saturated rings. The fourth-order valence-electron chi connectivity index (χ4n) is 3.61. The van der Waals surface area contributed by atoms with Crippen molar-refractivity contribution in [1.82, 2.24) is 15.1 Å². The number of carbonyl (C=O) groups is 1. The molecule has 0 saturated carbocycles. The number of rotatable bonds is 3. The number of aryl methyl sites for hydroxylation is 1. The van der Waals surface area contributed by atoms with E-state index >= 15 is 0 Å². The molecule has 0 aliphatic carbocycles. The first-order valence-electron chi connectivity index (χ1n) is 8.48. The maximum absolute atomic E-state index is 12.3. The zero-order chi connectivity index (χ0) is 17.4. The van der Waals surface area contributed by atoms with E-state index in [4.69, 9.17) is 4.74 Å². The predicted octanol–water partition coefficient (Wildman–Crippen LogP) is 2.97. The minimum Gasteiger partial charge on any atom is -0.468 e. The lowest BCUT2D eigenvalue weighted by atomic mass is 9.93. The summed E-state index contributed by atoms with van der Waals surface area (Å²) in [5, 5.41) is 8.65. The number of aromatic nitrogens is 2. The Morgan fingerprint density at radius 3 is 2.88 bits per heavy atom. The lowest BCUT2D eigenvalue weighted by Gasteiger charge is -2.34. The molecule has 2 heterocycles. The first-order chi connectivity index (χ1) is 12.2. The quantitative estimate of drug-likeness (QED) is 0.748. The van der Waals surface area contributed by atoms with Crippen molar-refractivity contribution >= 4 is 16.9 Å². The number of H-pyrrole nitrogens is 1. The number of nitrogens with zero attached hydrogens (tertiary/aromatic N) is 2. The molecule has 1 N–H and O–H groups in total. The Morgan fingerprint density at radius 1 is 1.28 bits per heavy atom. The highest BCUT2D eigenvalue weighted by molar-refractivity contribution is 5.82. The van der Waals surface area contributed by atoms with Gasteiger partial charge < -0.3 is 4.74 Å². The Hall–Kier alpha value is -2.66. The summed E-state index contributed by atoms with van der Waals surface area (Å²) in [6.45, 7) is 3.43. The van der Waals surface area contributed by atoms with Crippen LogP contribution in [-0.2, 0) is 29.0 Å². The summed E-state index contributed by atoms with van der Waals surface area (Å²) in [5.74, 6) is -0.186. The summed E-state index contributed by atoms with van der Waals surface area (Å²) >= 11 is 0. The Bertz CT molecular complexity index is 932. The first kappa shape index (κ1) is 15.8. The monoisotopic (exact) mass is 335 g/mol. The van der Waals surface area contributed by atoms with Crippen LogP contribution in [0.5, 0.6) is 0 Å². The van der Waals surface area contributed by atoms with Crippen molar-refractivity contribution in [2.75, 3.05) is 7.11 Å². The van der Waals surface area contributed by atoms with Crippen molar-refractivity contribution in [3.63, 3.8) is 0 Å². The Morgan fingerprint density at radius 2 is 2.08 bits per heavy atom. The molecule has 3 aromatic rings. The Labute approximate surface area is 146 Å². The van der Waals surface area contributed by atoms with E-state index in [1.165, 1.54) is 23.8 Å². The second kappa shape index (κ2) is 6.33. The topological polar surface area (TPSA) is 58.2 Å². The molecule has 128 valence electrons. The molecular weight excluding hydrogens is 314 g/mol. The third kappa shape index (κ3) is 2.91. The molecule has 25 heavy (non-hydrogen) atoms. The fourth-order valence-corrected chi connectivity index (χ4v) is 3.61. The number of hydrogen-bond acceptors (Lipinski definition) is 4. The van der Waals surface area contributed by atoms with Crippen molar-refractivity contribution in [2.45, 2.75) is 32.5 Å². The van der Waals surface area contributed by atoms with Gasteiger partial charge >= 0.3 is 5.97 Å². The second-order valence-corrected chi connectivity index (χ2v) is 6.64. The van der Waals surface area contributed by atoms with Gasteiger partial charge in [-0.3, -0.25) is 14.8 Å². The molecule has 0 radical (unpaired) electrons. The standard InChI is InChI=1S/C20H21N3O2/c1-13-7-8-17-16(9-13)18(22-21-17)12-23-11-15-6-4-3-5-14(15)10-19(23)20(24)25-2/h3-9,19H,10-12H2,1-2H3,(H,21,22). The fraction of sp³-hybridized carbons (Fsp3) is 0.300. The van der Waals surface area contributed by atoms with Gasteiger partial charge in [-0.1, -0.05) is 35.9 Å². The van der Waals surface area contributed by atoms with Gasteiger partial charge in [0, 0.05) is 18.5 Å². The smallest absolute Gasteiger partial charge is 0.323 e. The SMILES string of the molecule is COC(=O)C1Cc2ccccc2CN1Cc1[nH]nc2ccc(C)cc12. The van der Waals surface area contributed by atoms with Crippen LogP contribution in [0, 0.1) is 6.92 Å². The molecule has 1 unspecified atom stereocenters. The summed E-state index contributed by atoms with van der Waals surface area (Å²) in [4.78, 5) is 14.5. The van der Waals surface area contributed by atoms with E-state index in [1.807, 2.05) is 18.2 Å². The van der Waals surface area contributed by atoms with Crippen LogP contribution in [0.25, 0.3) is 10.9 Å². The highest BCUT2D eigenvalue weighted by atomic mass is 16.5. The van der Waals surface area contributed by atoms with Crippen LogP contribution in [0.2, 0.25) is 0 Å². The van der Waals surface area contributed by atoms with E-state index in [0.29, 0.717) is 13.0 Å². The third-order valence-electron chi connectivity index (χ3n) is 4.97. The third-order valence-corrected chi connectivity index (χ3v) is 4.97. The van der Waals surface area contributed by atoms with Crippen molar-refractivity contribution in [2.24, 2.45) is 0 Å². The van der Waals surface area contributed by atoms with Crippen LogP contribution >= 0.6 is 0 Å². The summed E-state index contributed by atoms with van der Waals surface area (Å²) < 4.78 is 5.05. The van der Waals surface area contributed by atoms with Gasteiger partial charge in [-0.25, -0.2) is 0 Å². The maximum atomic E-state index is 12.3. The van der Waals surface area contributed by atoms with Crippen molar-refractivity contribution in [3.05, 3.63) is 64.8 Å². The Kier molecular flexibility index (Phi) is 4.01. The first-order valence-corrected chi connectivity index (χ1v) is 8.48. The lowest BCUT2D eigenvalue weighted by Crippen LogP contribution is -2.45. The molecule has 1 atom stereocenters. The number of esters is 1. The number of carbonyl (C=O) groups excluding carboxylic acids is 1. The van der Waals surface area contributed by atoms with Crippen LogP contribution in [0.1, 0.15) is 22.4 Å². The molecule has 1 aliphatic heterocycles. The minimum atomic E-state index is -0.275. The average Bonchev–Trinajstić information content (AvgIpc) is 3.02. The number of fused-ring (bicyclic) bond motifs is 2. The van der Waals surface area contributed by atoms with Gasteiger partial charge in [0.05, 0.1) is 18.3 Å². The van der Waals surface area contributed by atoms with Gasteiger partial charge in [0.2, 0.25) is 0 Å². The molecule has 1 aliphatic rings. The summed E-state index contributed by atoms with van der Waals surface area (Å²) in [7, 11) is 1.45. The zero-order valence-electron chi connectivity index (χ0n) is 14.5. The van der Waals surface area contributed by atoms with E-state index in [2.05, 4.69) is 46.3 Å². The van der Waals surface area contributed by atoms with Crippen molar-refractivity contribution in [3.8, 4) is 0 Å². The molecule has 0 spiro atoms. The molecule has 5 heteroatoms.